The fourth-order valence-corrected chi connectivity index (χ4v) is 3.69. The van der Waals surface area contributed by atoms with E-state index in [0.717, 1.165) is 28.5 Å². The van der Waals surface area contributed by atoms with E-state index >= 15 is 0 Å². The normalized spacial score (nSPS) is 19.5. The number of hydrogen-bond donors (Lipinski definition) is 1. The second kappa shape index (κ2) is 8.38. The highest BCUT2D eigenvalue weighted by atomic mass is 79.9. The molecule has 20 heavy (non-hydrogen) atoms. The molecule has 0 aliphatic carbocycles. The monoisotopic (exact) mass is 358 g/mol. The standard InChI is InChI=1S/C16H24BrClN2/c1-2-8-20(11-13-4-3-7-19-10-13)12-14-5-6-15(18)9-16(14)17/h5-6,9,13,19H,2-4,7-8,10-12H2,1H3. The predicted molar refractivity (Wildman–Crippen MR) is 90.3 cm³/mol. The smallest absolute Gasteiger partial charge is 0.0417 e. The Balaban J connectivity index is 1.96. The molecule has 1 heterocycles. The van der Waals surface area contributed by atoms with Gasteiger partial charge in [-0.05, 0) is 62.5 Å². The van der Waals surface area contributed by atoms with Gasteiger partial charge in [-0.25, -0.2) is 0 Å². The molecule has 1 fully saturated rings. The maximum atomic E-state index is 6.02. The van der Waals surface area contributed by atoms with Gasteiger partial charge in [-0.1, -0.05) is 40.5 Å². The van der Waals surface area contributed by atoms with E-state index in [0.29, 0.717) is 0 Å². The zero-order valence-corrected chi connectivity index (χ0v) is 14.5. The number of benzene rings is 1. The first-order valence-electron chi connectivity index (χ1n) is 7.56. The lowest BCUT2D eigenvalue weighted by Gasteiger charge is -2.30. The van der Waals surface area contributed by atoms with Crippen molar-refractivity contribution in [2.24, 2.45) is 5.92 Å². The number of piperidine rings is 1. The minimum Gasteiger partial charge on any atom is -0.316 e. The quantitative estimate of drug-likeness (QED) is 0.814. The number of halogens is 2. The van der Waals surface area contributed by atoms with Crippen LogP contribution < -0.4 is 5.32 Å². The van der Waals surface area contributed by atoms with Crippen LogP contribution in [0.15, 0.2) is 22.7 Å². The molecule has 1 aliphatic rings. The first kappa shape index (κ1) is 16.3. The molecule has 0 saturated carbocycles. The van der Waals surface area contributed by atoms with Crippen LogP contribution in [0.25, 0.3) is 0 Å². The van der Waals surface area contributed by atoms with Crippen LogP contribution in [0.1, 0.15) is 31.7 Å². The first-order valence-corrected chi connectivity index (χ1v) is 8.73. The van der Waals surface area contributed by atoms with Crippen LogP contribution in [0.4, 0.5) is 0 Å². The summed E-state index contributed by atoms with van der Waals surface area (Å²) in [6.45, 7) is 7.96. The van der Waals surface area contributed by atoms with Crippen LogP contribution in [0.3, 0.4) is 0 Å². The Hall–Kier alpha value is -0.0900. The van der Waals surface area contributed by atoms with Gasteiger partial charge in [0.1, 0.15) is 0 Å². The molecule has 1 aromatic carbocycles. The molecule has 1 aromatic rings. The van der Waals surface area contributed by atoms with E-state index < -0.39 is 0 Å². The molecule has 1 saturated heterocycles. The van der Waals surface area contributed by atoms with Crippen molar-refractivity contribution in [3.8, 4) is 0 Å². The van der Waals surface area contributed by atoms with Crippen molar-refractivity contribution in [3.05, 3.63) is 33.3 Å². The van der Waals surface area contributed by atoms with E-state index in [1.807, 2.05) is 12.1 Å². The molecule has 0 spiro atoms. The molecule has 0 radical (unpaired) electrons. The third-order valence-electron chi connectivity index (χ3n) is 3.86. The van der Waals surface area contributed by atoms with Gasteiger partial charge in [0.2, 0.25) is 0 Å². The Bertz CT molecular complexity index is 419. The molecule has 1 unspecified atom stereocenters. The number of rotatable bonds is 6. The van der Waals surface area contributed by atoms with Crippen molar-refractivity contribution in [1.82, 2.24) is 10.2 Å². The number of hydrogen-bond acceptors (Lipinski definition) is 2. The zero-order chi connectivity index (χ0) is 14.4. The summed E-state index contributed by atoms with van der Waals surface area (Å²) in [5.74, 6) is 0.793. The zero-order valence-electron chi connectivity index (χ0n) is 12.2. The molecule has 2 nitrogen and oxygen atoms in total. The molecule has 2 rings (SSSR count). The molecule has 1 N–H and O–H groups in total. The third-order valence-corrected chi connectivity index (χ3v) is 4.84. The van der Waals surface area contributed by atoms with E-state index in [2.05, 4.69) is 39.1 Å². The van der Waals surface area contributed by atoms with Gasteiger partial charge in [-0.3, -0.25) is 4.90 Å². The highest BCUT2D eigenvalue weighted by Gasteiger charge is 2.17. The van der Waals surface area contributed by atoms with Crippen LogP contribution >= 0.6 is 27.5 Å². The lowest BCUT2D eigenvalue weighted by molar-refractivity contribution is 0.201. The van der Waals surface area contributed by atoms with Crippen LogP contribution in [-0.2, 0) is 6.54 Å². The SMILES string of the molecule is CCCN(Cc1ccc(Cl)cc1Br)CC1CCCNC1. The summed E-state index contributed by atoms with van der Waals surface area (Å²) in [5, 5.41) is 4.30. The van der Waals surface area contributed by atoms with E-state index in [-0.39, 0.29) is 0 Å². The molecule has 112 valence electrons. The third kappa shape index (κ3) is 5.03. The van der Waals surface area contributed by atoms with Gasteiger partial charge in [0.25, 0.3) is 0 Å². The Morgan fingerprint density at radius 3 is 2.95 bits per heavy atom. The fourth-order valence-electron chi connectivity index (χ4n) is 2.89. The molecule has 1 atom stereocenters. The van der Waals surface area contributed by atoms with E-state index in [1.54, 1.807) is 0 Å². The van der Waals surface area contributed by atoms with Crippen molar-refractivity contribution in [3.63, 3.8) is 0 Å². The molecule has 4 heteroatoms. The van der Waals surface area contributed by atoms with E-state index in [4.69, 9.17) is 11.6 Å². The molecule has 1 aliphatic heterocycles. The summed E-state index contributed by atoms with van der Waals surface area (Å²) in [6.07, 6.45) is 3.87. The average molecular weight is 360 g/mol. The first-order chi connectivity index (χ1) is 9.69. The maximum Gasteiger partial charge on any atom is 0.0417 e. The molecule has 0 amide bonds. The van der Waals surface area contributed by atoms with Gasteiger partial charge >= 0.3 is 0 Å². The Morgan fingerprint density at radius 2 is 2.30 bits per heavy atom. The summed E-state index contributed by atoms with van der Waals surface area (Å²) in [4.78, 5) is 2.58. The van der Waals surface area contributed by atoms with Gasteiger partial charge in [0.15, 0.2) is 0 Å². The van der Waals surface area contributed by atoms with Crippen molar-refractivity contribution in [2.75, 3.05) is 26.2 Å². The molecule has 0 bridgehead atoms. The summed E-state index contributed by atoms with van der Waals surface area (Å²) >= 11 is 9.65. The molecule has 0 aromatic heterocycles. The van der Waals surface area contributed by atoms with Gasteiger partial charge in [-0.15, -0.1) is 0 Å². The lowest BCUT2D eigenvalue weighted by atomic mass is 9.98. The highest BCUT2D eigenvalue weighted by molar-refractivity contribution is 9.10. The van der Waals surface area contributed by atoms with Crippen LogP contribution in [0.5, 0.6) is 0 Å². The minimum atomic E-state index is 0.791. The predicted octanol–water partition coefficient (Wildman–Crippen LogP) is 4.31. The largest absolute Gasteiger partial charge is 0.316 e. The molecular weight excluding hydrogens is 336 g/mol. The molecular formula is C16H24BrClN2. The van der Waals surface area contributed by atoms with E-state index in [9.17, 15) is 0 Å². The minimum absolute atomic E-state index is 0.791. The van der Waals surface area contributed by atoms with Crippen LogP contribution in [0.2, 0.25) is 5.02 Å². The average Bonchev–Trinajstić information content (AvgIpc) is 2.43. The second-order valence-electron chi connectivity index (χ2n) is 5.68. The number of nitrogens with zero attached hydrogens (tertiary/aromatic N) is 1. The van der Waals surface area contributed by atoms with Crippen molar-refractivity contribution < 1.29 is 0 Å². The number of nitrogens with one attached hydrogen (secondary N) is 1. The van der Waals surface area contributed by atoms with Crippen molar-refractivity contribution >= 4 is 27.5 Å². The van der Waals surface area contributed by atoms with Crippen molar-refractivity contribution in [1.29, 1.82) is 0 Å². The van der Waals surface area contributed by atoms with Crippen molar-refractivity contribution in [2.45, 2.75) is 32.7 Å². The van der Waals surface area contributed by atoms with Gasteiger partial charge in [0, 0.05) is 22.6 Å². The van der Waals surface area contributed by atoms with Gasteiger partial charge < -0.3 is 5.32 Å². The summed E-state index contributed by atoms with van der Waals surface area (Å²) < 4.78 is 1.12. The van der Waals surface area contributed by atoms with Crippen LogP contribution in [-0.4, -0.2) is 31.1 Å². The summed E-state index contributed by atoms with van der Waals surface area (Å²) in [5.41, 5.74) is 1.33. The Kier molecular flexibility index (Phi) is 6.82. The van der Waals surface area contributed by atoms with E-state index in [1.165, 1.54) is 44.5 Å². The topological polar surface area (TPSA) is 15.3 Å². The van der Waals surface area contributed by atoms with Crippen LogP contribution in [0, 0.1) is 5.92 Å². The Labute approximate surface area is 136 Å². The van der Waals surface area contributed by atoms with Gasteiger partial charge in [0.05, 0.1) is 0 Å². The summed E-state index contributed by atoms with van der Waals surface area (Å²) in [7, 11) is 0. The van der Waals surface area contributed by atoms with Gasteiger partial charge in [-0.2, -0.15) is 0 Å². The second-order valence-corrected chi connectivity index (χ2v) is 6.97. The highest BCUT2D eigenvalue weighted by Crippen LogP contribution is 2.23. The fraction of sp³-hybridized carbons (Fsp3) is 0.625. The maximum absolute atomic E-state index is 6.02. The Morgan fingerprint density at radius 1 is 1.45 bits per heavy atom. The summed E-state index contributed by atoms with van der Waals surface area (Å²) in [6, 6.07) is 6.10. The lowest BCUT2D eigenvalue weighted by Crippen LogP contribution is -2.38.